The second kappa shape index (κ2) is 7.56. The monoisotopic (exact) mass is 307 g/mol. The quantitative estimate of drug-likeness (QED) is 0.889. The average molecular weight is 307 g/mol. The Hall–Kier alpha value is -1.66. The molecule has 2 heterocycles. The predicted octanol–water partition coefficient (Wildman–Crippen LogP) is 1.32. The minimum absolute atomic E-state index is 0.125. The van der Waals surface area contributed by atoms with E-state index in [1.807, 2.05) is 20.8 Å². The Labute approximate surface area is 131 Å². The van der Waals surface area contributed by atoms with Gasteiger partial charge >= 0.3 is 0 Å². The summed E-state index contributed by atoms with van der Waals surface area (Å²) in [6.07, 6.45) is 1.55. The van der Waals surface area contributed by atoms with Crippen LogP contribution in [-0.2, 0) is 4.74 Å². The van der Waals surface area contributed by atoms with Gasteiger partial charge in [-0.15, -0.1) is 0 Å². The van der Waals surface area contributed by atoms with Crippen molar-refractivity contribution in [1.82, 2.24) is 15.2 Å². The van der Waals surface area contributed by atoms with Gasteiger partial charge in [-0.25, -0.2) is 4.98 Å². The number of ether oxygens (including phenoxy) is 2. The standard InChI is InChI=1S/C16H25N3O3/c1-16(2,3)18-15(20)13-4-5-14(17-12-13)22-11-8-19-6-9-21-10-7-19/h4-5,12H,6-11H2,1-3H3,(H,18,20). The SMILES string of the molecule is CC(C)(C)NC(=O)c1ccc(OCCN2CCOCC2)nc1. The maximum atomic E-state index is 12.0. The predicted molar refractivity (Wildman–Crippen MR) is 84.2 cm³/mol. The van der Waals surface area contributed by atoms with Crippen LogP contribution in [0.25, 0.3) is 0 Å². The molecular weight excluding hydrogens is 282 g/mol. The molecule has 1 aromatic heterocycles. The molecule has 0 saturated carbocycles. The molecule has 1 aliphatic heterocycles. The molecule has 0 unspecified atom stereocenters. The lowest BCUT2D eigenvalue weighted by atomic mass is 10.1. The lowest BCUT2D eigenvalue weighted by molar-refractivity contribution is 0.0320. The van der Waals surface area contributed by atoms with Crippen molar-refractivity contribution < 1.29 is 14.3 Å². The van der Waals surface area contributed by atoms with Gasteiger partial charge in [-0.3, -0.25) is 9.69 Å². The molecule has 1 fully saturated rings. The van der Waals surface area contributed by atoms with Crippen LogP contribution in [0.3, 0.4) is 0 Å². The molecule has 6 heteroatoms. The van der Waals surface area contributed by atoms with E-state index in [2.05, 4.69) is 15.2 Å². The Morgan fingerprint density at radius 2 is 2.09 bits per heavy atom. The second-order valence-electron chi connectivity index (χ2n) is 6.39. The van der Waals surface area contributed by atoms with Crippen molar-refractivity contribution in [2.24, 2.45) is 0 Å². The van der Waals surface area contributed by atoms with Crippen LogP contribution in [0.1, 0.15) is 31.1 Å². The van der Waals surface area contributed by atoms with Crippen LogP contribution < -0.4 is 10.1 Å². The summed E-state index contributed by atoms with van der Waals surface area (Å²) in [6.45, 7) is 10.7. The van der Waals surface area contributed by atoms with Gasteiger partial charge in [-0.2, -0.15) is 0 Å². The number of carbonyl (C=O) groups excluding carboxylic acids is 1. The van der Waals surface area contributed by atoms with Gasteiger partial charge in [0.15, 0.2) is 0 Å². The van der Waals surface area contributed by atoms with Gasteiger partial charge in [0.1, 0.15) is 6.61 Å². The zero-order chi connectivity index (χ0) is 16.0. The Kier molecular flexibility index (Phi) is 5.74. The van der Waals surface area contributed by atoms with E-state index in [4.69, 9.17) is 9.47 Å². The Morgan fingerprint density at radius 1 is 1.36 bits per heavy atom. The van der Waals surface area contributed by atoms with E-state index >= 15 is 0 Å². The van der Waals surface area contributed by atoms with Gasteiger partial charge in [-0.05, 0) is 26.8 Å². The molecule has 1 N–H and O–H groups in total. The molecule has 6 nitrogen and oxygen atoms in total. The average Bonchev–Trinajstić information content (AvgIpc) is 2.47. The highest BCUT2D eigenvalue weighted by atomic mass is 16.5. The first kappa shape index (κ1) is 16.7. The van der Waals surface area contributed by atoms with Crippen molar-refractivity contribution in [3.63, 3.8) is 0 Å². The van der Waals surface area contributed by atoms with Crippen molar-refractivity contribution in [2.75, 3.05) is 39.5 Å². The van der Waals surface area contributed by atoms with Crippen LogP contribution >= 0.6 is 0 Å². The Bertz CT molecular complexity index is 476. The minimum atomic E-state index is -0.260. The van der Waals surface area contributed by atoms with E-state index in [9.17, 15) is 4.79 Å². The molecular formula is C16H25N3O3. The van der Waals surface area contributed by atoms with Gasteiger partial charge in [-0.1, -0.05) is 0 Å². The van der Waals surface area contributed by atoms with E-state index in [1.165, 1.54) is 0 Å². The summed E-state index contributed by atoms with van der Waals surface area (Å²) in [4.78, 5) is 18.5. The number of nitrogens with zero attached hydrogens (tertiary/aromatic N) is 2. The molecule has 1 aromatic rings. The van der Waals surface area contributed by atoms with Crippen LogP contribution in [-0.4, -0.2) is 60.8 Å². The van der Waals surface area contributed by atoms with Gasteiger partial charge in [0.25, 0.3) is 5.91 Å². The fraction of sp³-hybridized carbons (Fsp3) is 0.625. The molecule has 1 aliphatic rings. The Morgan fingerprint density at radius 3 is 2.68 bits per heavy atom. The highest BCUT2D eigenvalue weighted by molar-refractivity contribution is 5.94. The summed E-state index contributed by atoms with van der Waals surface area (Å²) < 4.78 is 10.9. The molecule has 22 heavy (non-hydrogen) atoms. The highest BCUT2D eigenvalue weighted by Crippen LogP contribution is 2.09. The van der Waals surface area contributed by atoms with E-state index in [1.54, 1.807) is 18.3 Å². The normalized spacial score (nSPS) is 16.3. The van der Waals surface area contributed by atoms with E-state index < -0.39 is 0 Å². The third-order valence-electron chi connectivity index (χ3n) is 3.25. The fourth-order valence-electron chi connectivity index (χ4n) is 2.12. The van der Waals surface area contributed by atoms with Crippen molar-refractivity contribution in [2.45, 2.75) is 26.3 Å². The molecule has 0 bridgehead atoms. The molecule has 0 spiro atoms. The molecule has 1 amide bonds. The lowest BCUT2D eigenvalue weighted by Gasteiger charge is -2.26. The first-order chi connectivity index (χ1) is 10.4. The maximum Gasteiger partial charge on any atom is 0.253 e. The number of amides is 1. The van der Waals surface area contributed by atoms with Crippen LogP contribution in [0.2, 0.25) is 0 Å². The van der Waals surface area contributed by atoms with Crippen LogP contribution in [0.15, 0.2) is 18.3 Å². The van der Waals surface area contributed by atoms with Gasteiger partial charge in [0, 0.05) is 37.4 Å². The number of rotatable bonds is 5. The number of morpholine rings is 1. The lowest BCUT2D eigenvalue weighted by Crippen LogP contribution is -2.40. The summed E-state index contributed by atoms with van der Waals surface area (Å²) >= 11 is 0. The minimum Gasteiger partial charge on any atom is -0.476 e. The van der Waals surface area contributed by atoms with Crippen LogP contribution in [0, 0.1) is 0 Å². The zero-order valence-corrected chi connectivity index (χ0v) is 13.6. The summed E-state index contributed by atoms with van der Waals surface area (Å²) in [5.41, 5.74) is 0.278. The second-order valence-corrected chi connectivity index (χ2v) is 6.39. The maximum absolute atomic E-state index is 12.0. The number of hydrogen-bond acceptors (Lipinski definition) is 5. The summed E-state index contributed by atoms with van der Waals surface area (Å²) in [6, 6.07) is 3.47. The Balaban J connectivity index is 1.77. The van der Waals surface area contributed by atoms with Crippen molar-refractivity contribution in [1.29, 1.82) is 0 Å². The van der Waals surface area contributed by atoms with Crippen molar-refractivity contribution in [3.05, 3.63) is 23.9 Å². The smallest absolute Gasteiger partial charge is 0.253 e. The molecule has 0 aromatic carbocycles. The van der Waals surface area contributed by atoms with Gasteiger partial charge < -0.3 is 14.8 Å². The van der Waals surface area contributed by atoms with Crippen molar-refractivity contribution >= 4 is 5.91 Å². The summed E-state index contributed by atoms with van der Waals surface area (Å²) in [7, 11) is 0. The number of nitrogens with one attached hydrogen (secondary N) is 1. The van der Waals surface area contributed by atoms with Gasteiger partial charge in [0.2, 0.25) is 5.88 Å². The van der Waals surface area contributed by atoms with Crippen LogP contribution in [0.5, 0.6) is 5.88 Å². The highest BCUT2D eigenvalue weighted by Gasteiger charge is 2.15. The summed E-state index contributed by atoms with van der Waals surface area (Å²) in [5.74, 6) is 0.417. The fourth-order valence-corrected chi connectivity index (χ4v) is 2.12. The molecule has 1 saturated heterocycles. The topological polar surface area (TPSA) is 63.7 Å². The molecule has 0 aliphatic carbocycles. The number of carbonyl (C=O) groups is 1. The molecule has 2 rings (SSSR count). The number of hydrogen-bond donors (Lipinski definition) is 1. The molecule has 122 valence electrons. The number of aromatic nitrogens is 1. The summed E-state index contributed by atoms with van der Waals surface area (Å²) in [5, 5.41) is 2.90. The van der Waals surface area contributed by atoms with Crippen LogP contribution in [0.4, 0.5) is 0 Å². The zero-order valence-electron chi connectivity index (χ0n) is 13.6. The molecule has 0 radical (unpaired) electrons. The largest absolute Gasteiger partial charge is 0.476 e. The van der Waals surface area contributed by atoms with E-state index in [0.717, 1.165) is 32.8 Å². The van der Waals surface area contributed by atoms with Crippen molar-refractivity contribution in [3.8, 4) is 5.88 Å². The first-order valence-corrected chi connectivity index (χ1v) is 7.65. The first-order valence-electron chi connectivity index (χ1n) is 7.65. The number of pyridine rings is 1. The van der Waals surface area contributed by atoms with E-state index in [-0.39, 0.29) is 11.4 Å². The third-order valence-corrected chi connectivity index (χ3v) is 3.25. The molecule has 0 atom stereocenters. The third kappa shape index (κ3) is 5.61. The van der Waals surface area contributed by atoms with Gasteiger partial charge in [0.05, 0.1) is 18.8 Å². The van der Waals surface area contributed by atoms with E-state index in [0.29, 0.717) is 18.1 Å².